The third-order valence-corrected chi connectivity index (χ3v) is 10.2. The molecule has 2 N–H and O–H groups in total. The molecule has 0 atom stereocenters. The van der Waals surface area contributed by atoms with E-state index in [1.807, 2.05) is 30.3 Å². The Bertz CT molecular complexity index is 2550. The predicted molar refractivity (Wildman–Crippen MR) is 207 cm³/mol. The van der Waals surface area contributed by atoms with E-state index >= 15 is 0 Å². The van der Waals surface area contributed by atoms with Crippen molar-refractivity contribution in [2.24, 2.45) is 0 Å². The van der Waals surface area contributed by atoms with Crippen LogP contribution in [0.5, 0.6) is 23.0 Å². The highest BCUT2D eigenvalue weighted by atomic mass is 16.6. The van der Waals surface area contributed by atoms with Gasteiger partial charge in [-0.05, 0) is 106 Å². The van der Waals surface area contributed by atoms with Crippen molar-refractivity contribution in [3.05, 3.63) is 191 Å². The molecule has 7 aromatic rings. The number of rotatable bonds is 6. The first-order valence-corrected chi connectivity index (χ1v) is 17.2. The molecule has 1 aliphatic heterocycles. The standard InChI is InChI=1S/C47H34N2O2/c1-29-20-25-41-42(26-29)51-46-43(50-41)28-39-45(44(46)32-23-22-31-12-11-18-35(37(31)27-32)40(49)24-21-30(2)48)36-17-9-10-19-38(36)47(39,33-13-5-3-6-14-33)34-15-7-4-8-16-34/h3-28,48-49H,1-2H3/b24-21-,48-30?,49-40?. The van der Waals surface area contributed by atoms with Crippen molar-refractivity contribution in [3.63, 3.8) is 0 Å². The average molecular weight is 659 g/mol. The zero-order valence-electron chi connectivity index (χ0n) is 28.3. The van der Waals surface area contributed by atoms with Crippen molar-refractivity contribution in [2.75, 3.05) is 0 Å². The fourth-order valence-electron chi connectivity index (χ4n) is 7.98. The lowest BCUT2D eigenvalue weighted by atomic mass is 9.67. The van der Waals surface area contributed by atoms with Crippen molar-refractivity contribution in [1.82, 2.24) is 0 Å². The third kappa shape index (κ3) is 4.75. The highest BCUT2D eigenvalue weighted by molar-refractivity contribution is 6.17. The Morgan fingerprint density at radius 1 is 0.588 bits per heavy atom. The number of hydrogen-bond acceptors (Lipinski definition) is 4. The van der Waals surface area contributed by atoms with Crippen molar-refractivity contribution < 1.29 is 9.47 Å². The van der Waals surface area contributed by atoms with Gasteiger partial charge in [0.15, 0.2) is 23.0 Å². The van der Waals surface area contributed by atoms with Crippen LogP contribution in [-0.4, -0.2) is 11.4 Å². The van der Waals surface area contributed by atoms with E-state index in [0.717, 1.165) is 49.7 Å². The molecule has 4 nitrogen and oxygen atoms in total. The van der Waals surface area contributed by atoms with E-state index in [1.165, 1.54) is 16.7 Å². The fourth-order valence-corrected chi connectivity index (χ4v) is 7.98. The first kappa shape index (κ1) is 30.5. The van der Waals surface area contributed by atoms with E-state index in [4.69, 9.17) is 20.3 Å². The maximum Gasteiger partial charge on any atom is 0.178 e. The van der Waals surface area contributed by atoms with Gasteiger partial charge in [-0.2, -0.15) is 0 Å². The summed E-state index contributed by atoms with van der Waals surface area (Å²) in [6.07, 6.45) is 3.37. The Morgan fingerprint density at radius 2 is 1.31 bits per heavy atom. The summed E-state index contributed by atoms with van der Waals surface area (Å²) in [6, 6.07) is 51.0. The van der Waals surface area contributed by atoms with Gasteiger partial charge < -0.3 is 20.3 Å². The third-order valence-electron chi connectivity index (χ3n) is 10.2. The van der Waals surface area contributed by atoms with Crippen LogP contribution in [0.25, 0.3) is 33.0 Å². The second kappa shape index (κ2) is 11.8. The first-order valence-electron chi connectivity index (χ1n) is 17.2. The van der Waals surface area contributed by atoms with Crippen molar-refractivity contribution in [1.29, 1.82) is 10.8 Å². The molecular formula is C47H34N2O2. The minimum atomic E-state index is -0.630. The SMILES string of the molecule is CC(=N)/C=C\C(=N)c1cccc2ccc(-c3c4c(cc5c3-c3ccccc3C5(c3ccccc3)c3ccccc3)Oc3ccc(C)cc3O4)cc12. The van der Waals surface area contributed by atoms with Crippen LogP contribution in [-0.2, 0) is 5.41 Å². The second-order valence-corrected chi connectivity index (χ2v) is 13.4. The van der Waals surface area contributed by atoms with Gasteiger partial charge in [0.05, 0.1) is 11.1 Å². The van der Waals surface area contributed by atoms with E-state index < -0.39 is 5.41 Å². The van der Waals surface area contributed by atoms with E-state index in [0.29, 0.717) is 34.4 Å². The number of allylic oxidation sites excluding steroid dienone is 2. The van der Waals surface area contributed by atoms with Crippen LogP contribution in [0.3, 0.4) is 0 Å². The van der Waals surface area contributed by atoms with Gasteiger partial charge in [0.2, 0.25) is 0 Å². The summed E-state index contributed by atoms with van der Waals surface area (Å²) in [6.45, 7) is 3.77. The van der Waals surface area contributed by atoms with Crippen molar-refractivity contribution in [3.8, 4) is 45.3 Å². The minimum absolute atomic E-state index is 0.353. The number of ether oxygens (including phenoxy) is 2. The maximum absolute atomic E-state index is 8.97. The van der Waals surface area contributed by atoms with Crippen LogP contribution < -0.4 is 9.47 Å². The molecule has 1 heterocycles. The molecular weight excluding hydrogens is 625 g/mol. The van der Waals surface area contributed by atoms with Crippen LogP contribution >= 0.6 is 0 Å². The van der Waals surface area contributed by atoms with Gasteiger partial charge >= 0.3 is 0 Å². The van der Waals surface area contributed by atoms with Crippen LogP contribution in [0.15, 0.2) is 158 Å². The summed E-state index contributed by atoms with van der Waals surface area (Å²) in [7, 11) is 0. The summed E-state index contributed by atoms with van der Waals surface area (Å²) in [5.41, 5.74) is 10.8. The minimum Gasteiger partial charge on any atom is -0.449 e. The molecule has 7 aromatic carbocycles. The summed E-state index contributed by atoms with van der Waals surface area (Å²) in [5, 5.41) is 18.8. The molecule has 0 unspecified atom stereocenters. The van der Waals surface area contributed by atoms with Gasteiger partial charge in [0.1, 0.15) is 0 Å². The molecule has 0 aromatic heterocycles. The Hall–Kier alpha value is -6.52. The first-order chi connectivity index (χ1) is 24.9. The average Bonchev–Trinajstić information content (AvgIpc) is 3.46. The molecule has 4 heteroatoms. The van der Waals surface area contributed by atoms with Gasteiger partial charge in [0, 0.05) is 16.8 Å². The summed E-state index contributed by atoms with van der Waals surface area (Å²) >= 11 is 0. The Kier molecular flexibility index (Phi) is 7.08. The Morgan fingerprint density at radius 3 is 2.06 bits per heavy atom. The second-order valence-electron chi connectivity index (χ2n) is 13.4. The van der Waals surface area contributed by atoms with Crippen LogP contribution in [0.4, 0.5) is 0 Å². The summed E-state index contributed by atoms with van der Waals surface area (Å²) in [5.74, 6) is 2.70. The lowest BCUT2D eigenvalue weighted by molar-refractivity contribution is 0.360. The maximum atomic E-state index is 8.97. The molecule has 0 fully saturated rings. The van der Waals surface area contributed by atoms with Crippen molar-refractivity contribution in [2.45, 2.75) is 19.3 Å². The summed E-state index contributed by atoms with van der Waals surface area (Å²) in [4.78, 5) is 0. The molecule has 0 bridgehead atoms. The molecule has 9 rings (SSSR count). The van der Waals surface area contributed by atoms with Crippen LogP contribution in [0, 0.1) is 17.7 Å². The van der Waals surface area contributed by atoms with Gasteiger partial charge in [-0.25, -0.2) is 0 Å². The van der Waals surface area contributed by atoms with E-state index in [2.05, 4.69) is 122 Å². The number of benzene rings is 7. The van der Waals surface area contributed by atoms with Gasteiger partial charge in [-0.15, -0.1) is 0 Å². The van der Waals surface area contributed by atoms with Crippen LogP contribution in [0.1, 0.15) is 40.3 Å². The molecule has 1 aliphatic carbocycles. The molecule has 0 radical (unpaired) electrons. The molecule has 0 saturated carbocycles. The smallest absolute Gasteiger partial charge is 0.178 e. The van der Waals surface area contributed by atoms with E-state index in [9.17, 15) is 0 Å². The van der Waals surface area contributed by atoms with Gasteiger partial charge in [-0.3, -0.25) is 0 Å². The number of aryl methyl sites for hydroxylation is 1. The number of nitrogens with one attached hydrogen (secondary N) is 2. The zero-order chi connectivity index (χ0) is 34.7. The molecule has 2 aliphatic rings. The topological polar surface area (TPSA) is 66.2 Å². The Labute approximate surface area is 297 Å². The van der Waals surface area contributed by atoms with Gasteiger partial charge in [-0.1, -0.05) is 121 Å². The lowest BCUT2D eigenvalue weighted by Gasteiger charge is -2.35. The molecule has 244 valence electrons. The quantitative estimate of drug-likeness (QED) is 0.175. The largest absolute Gasteiger partial charge is 0.449 e. The number of hydrogen-bond donors (Lipinski definition) is 2. The van der Waals surface area contributed by atoms with Gasteiger partial charge in [0.25, 0.3) is 0 Å². The Balaban J connectivity index is 1.41. The predicted octanol–water partition coefficient (Wildman–Crippen LogP) is 12.0. The van der Waals surface area contributed by atoms with Crippen LogP contribution in [0.2, 0.25) is 0 Å². The monoisotopic (exact) mass is 658 g/mol. The highest BCUT2D eigenvalue weighted by Crippen LogP contribution is 2.63. The molecule has 0 amide bonds. The number of fused-ring (bicyclic) bond motifs is 6. The normalized spacial score (nSPS) is 13.5. The lowest BCUT2D eigenvalue weighted by Crippen LogP contribution is -2.28. The van der Waals surface area contributed by atoms with Crippen molar-refractivity contribution >= 4 is 22.2 Å². The molecule has 0 spiro atoms. The fraction of sp³-hybridized carbons (Fsp3) is 0.0638. The highest BCUT2D eigenvalue weighted by Gasteiger charge is 2.48. The van der Waals surface area contributed by atoms with E-state index in [-0.39, 0.29) is 0 Å². The molecule has 51 heavy (non-hydrogen) atoms. The summed E-state index contributed by atoms with van der Waals surface area (Å²) < 4.78 is 13.7. The zero-order valence-corrected chi connectivity index (χ0v) is 28.3. The van der Waals surface area contributed by atoms with E-state index in [1.54, 1.807) is 19.1 Å². The molecule has 0 saturated heterocycles.